The smallest absolute Gasteiger partial charge is 0.253 e. The van der Waals surface area contributed by atoms with E-state index in [2.05, 4.69) is 12.2 Å². The van der Waals surface area contributed by atoms with Gasteiger partial charge in [0.1, 0.15) is 5.82 Å². The molecule has 1 aromatic carbocycles. The number of hydrogen-bond acceptors (Lipinski definition) is 2. The molecule has 0 radical (unpaired) electrons. The molecule has 0 aliphatic heterocycles. The number of rotatable bonds is 3. The molecule has 21 heavy (non-hydrogen) atoms. The molecule has 6 heteroatoms. The van der Waals surface area contributed by atoms with Crippen LogP contribution in [0.1, 0.15) is 43.0 Å². The minimum Gasteiger partial charge on any atom is -0.391 e. The SMILES string of the molecule is CC1CCC(NC(=O)c2cccc(F)c2Cl)(C(N)=S)CC1. The molecule has 0 unspecified atom stereocenters. The highest BCUT2D eigenvalue weighted by molar-refractivity contribution is 7.80. The van der Waals surface area contributed by atoms with Gasteiger partial charge in [-0.05, 0) is 43.7 Å². The van der Waals surface area contributed by atoms with Crippen molar-refractivity contribution in [2.24, 2.45) is 11.7 Å². The molecular weight excluding hydrogens is 311 g/mol. The third-order valence-corrected chi connectivity index (χ3v) is 4.92. The quantitative estimate of drug-likeness (QED) is 0.836. The van der Waals surface area contributed by atoms with Gasteiger partial charge < -0.3 is 11.1 Å². The van der Waals surface area contributed by atoms with Gasteiger partial charge in [0.2, 0.25) is 0 Å². The highest BCUT2D eigenvalue weighted by Crippen LogP contribution is 2.33. The number of nitrogens with two attached hydrogens (primary N) is 1. The van der Waals surface area contributed by atoms with Gasteiger partial charge in [-0.3, -0.25) is 4.79 Å². The fraction of sp³-hybridized carbons (Fsp3) is 0.467. The minimum atomic E-state index is -0.700. The van der Waals surface area contributed by atoms with Crippen LogP contribution in [0.4, 0.5) is 4.39 Å². The second-order valence-corrected chi connectivity index (χ2v) is 6.50. The molecule has 0 spiro atoms. The van der Waals surface area contributed by atoms with Gasteiger partial charge in [-0.25, -0.2) is 4.39 Å². The number of benzene rings is 1. The molecular formula is C15H18ClFN2OS. The van der Waals surface area contributed by atoms with Crippen molar-refractivity contribution in [2.45, 2.75) is 38.1 Å². The van der Waals surface area contributed by atoms with Crippen LogP contribution in [0, 0.1) is 11.7 Å². The highest BCUT2D eigenvalue weighted by Gasteiger charge is 2.38. The number of halogens is 2. The molecule has 114 valence electrons. The van der Waals surface area contributed by atoms with Crippen molar-refractivity contribution in [3.63, 3.8) is 0 Å². The summed E-state index contributed by atoms with van der Waals surface area (Å²) < 4.78 is 13.5. The van der Waals surface area contributed by atoms with E-state index in [1.807, 2.05) is 0 Å². The standard InChI is InChI=1S/C15H18ClFN2OS/c1-9-5-7-15(8-6-9,14(18)21)19-13(20)10-3-2-4-11(17)12(10)16/h2-4,9H,5-8H2,1H3,(H2,18,21)(H,19,20). The van der Waals surface area contributed by atoms with Gasteiger partial charge in [0.25, 0.3) is 5.91 Å². The van der Waals surface area contributed by atoms with Crippen molar-refractivity contribution in [2.75, 3.05) is 0 Å². The first kappa shape index (κ1) is 16.2. The Hall–Kier alpha value is -1.20. The lowest BCUT2D eigenvalue weighted by molar-refractivity contribution is 0.0900. The lowest BCUT2D eigenvalue weighted by Gasteiger charge is -2.39. The molecule has 2 rings (SSSR count). The second kappa shape index (κ2) is 6.28. The van der Waals surface area contributed by atoms with Gasteiger partial charge in [0, 0.05) is 0 Å². The van der Waals surface area contributed by atoms with Crippen LogP contribution in [0.2, 0.25) is 5.02 Å². The van der Waals surface area contributed by atoms with Gasteiger partial charge in [-0.1, -0.05) is 36.8 Å². The molecule has 1 saturated carbocycles. The van der Waals surface area contributed by atoms with Crippen LogP contribution in [-0.2, 0) is 0 Å². The lowest BCUT2D eigenvalue weighted by atomic mass is 9.77. The van der Waals surface area contributed by atoms with Crippen LogP contribution in [0.3, 0.4) is 0 Å². The van der Waals surface area contributed by atoms with Crippen molar-refractivity contribution in [1.82, 2.24) is 5.32 Å². The molecule has 1 aliphatic carbocycles. The third-order valence-electron chi connectivity index (χ3n) is 4.15. The van der Waals surface area contributed by atoms with Gasteiger partial charge in [0.15, 0.2) is 0 Å². The molecule has 0 heterocycles. The Bertz CT molecular complexity index is 571. The largest absolute Gasteiger partial charge is 0.391 e. The van der Waals surface area contributed by atoms with E-state index in [1.165, 1.54) is 18.2 Å². The van der Waals surface area contributed by atoms with Crippen LogP contribution in [-0.4, -0.2) is 16.4 Å². The maximum Gasteiger partial charge on any atom is 0.253 e. The Labute approximate surface area is 134 Å². The van der Waals surface area contributed by atoms with E-state index < -0.39 is 17.3 Å². The van der Waals surface area contributed by atoms with Crippen LogP contribution in [0.5, 0.6) is 0 Å². The summed E-state index contributed by atoms with van der Waals surface area (Å²) in [5, 5.41) is 2.70. The average molecular weight is 329 g/mol. The number of hydrogen-bond donors (Lipinski definition) is 2. The molecule has 3 nitrogen and oxygen atoms in total. The number of nitrogens with one attached hydrogen (secondary N) is 1. The van der Waals surface area contributed by atoms with Crippen molar-refractivity contribution in [3.8, 4) is 0 Å². The average Bonchev–Trinajstić information content (AvgIpc) is 2.44. The van der Waals surface area contributed by atoms with E-state index in [9.17, 15) is 9.18 Å². The molecule has 1 fully saturated rings. The summed E-state index contributed by atoms with van der Waals surface area (Å²) in [4.78, 5) is 12.7. The summed E-state index contributed by atoms with van der Waals surface area (Å²) in [7, 11) is 0. The van der Waals surface area contributed by atoms with Crippen LogP contribution >= 0.6 is 23.8 Å². The number of carbonyl (C=O) groups is 1. The molecule has 0 atom stereocenters. The van der Waals surface area contributed by atoms with Gasteiger partial charge in [0.05, 0.1) is 21.1 Å². The van der Waals surface area contributed by atoms with Crippen LogP contribution < -0.4 is 11.1 Å². The topological polar surface area (TPSA) is 55.1 Å². The molecule has 1 aromatic rings. The summed E-state index contributed by atoms with van der Waals surface area (Å²) >= 11 is 11.0. The monoisotopic (exact) mass is 328 g/mol. The Kier molecular flexibility index (Phi) is 4.84. The van der Waals surface area contributed by atoms with E-state index >= 15 is 0 Å². The Morgan fingerprint density at radius 2 is 2.10 bits per heavy atom. The summed E-state index contributed by atoms with van der Waals surface area (Å²) in [5.74, 6) is -0.477. The maximum atomic E-state index is 13.5. The van der Waals surface area contributed by atoms with Gasteiger partial charge >= 0.3 is 0 Å². The lowest BCUT2D eigenvalue weighted by Crippen LogP contribution is -2.58. The highest BCUT2D eigenvalue weighted by atomic mass is 35.5. The zero-order valence-electron chi connectivity index (χ0n) is 11.8. The normalized spacial score (nSPS) is 25.4. The summed E-state index contributed by atoms with van der Waals surface area (Å²) in [6.07, 6.45) is 3.27. The van der Waals surface area contributed by atoms with Gasteiger partial charge in [-0.2, -0.15) is 0 Å². The first-order valence-corrected chi connectivity index (χ1v) is 7.71. The predicted molar refractivity (Wildman–Crippen MR) is 86.0 cm³/mol. The first-order chi connectivity index (χ1) is 9.85. The molecule has 1 aliphatic rings. The summed E-state index contributed by atoms with van der Waals surface area (Å²) in [6, 6.07) is 4.15. The molecule has 0 saturated heterocycles. The van der Waals surface area contributed by atoms with Crippen LogP contribution in [0.25, 0.3) is 0 Å². The first-order valence-electron chi connectivity index (χ1n) is 6.92. The maximum absolute atomic E-state index is 13.5. The van der Waals surface area contributed by atoms with E-state index in [-0.39, 0.29) is 15.6 Å². The Morgan fingerprint density at radius 3 is 2.67 bits per heavy atom. The predicted octanol–water partition coefficient (Wildman–Crippen LogP) is 3.44. The molecule has 0 bridgehead atoms. The van der Waals surface area contributed by atoms with E-state index in [0.717, 1.165) is 12.8 Å². The fourth-order valence-electron chi connectivity index (χ4n) is 2.65. The minimum absolute atomic E-state index is 0.103. The van der Waals surface area contributed by atoms with E-state index in [0.29, 0.717) is 18.8 Å². The molecule has 3 N–H and O–H groups in total. The van der Waals surface area contributed by atoms with Crippen LogP contribution in [0.15, 0.2) is 18.2 Å². The number of thiocarbonyl (C=S) groups is 1. The van der Waals surface area contributed by atoms with Crippen molar-refractivity contribution in [3.05, 3.63) is 34.6 Å². The Balaban J connectivity index is 2.23. The van der Waals surface area contributed by atoms with E-state index in [1.54, 1.807) is 0 Å². The second-order valence-electron chi connectivity index (χ2n) is 5.68. The zero-order chi connectivity index (χ0) is 15.6. The fourth-order valence-corrected chi connectivity index (χ4v) is 3.12. The molecule has 0 aromatic heterocycles. The van der Waals surface area contributed by atoms with Gasteiger partial charge in [-0.15, -0.1) is 0 Å². The van der Waals surface area contributed by atoms with E-state index in [4.69, 9.17) is 29.6 Å². The zero-order valence-corrected chi connectivity index (χ0v) is 13.4. The van der Waals surface area contributed by atoms with Crippen molar-refractivity contribution in [1.29, 1.82) is 0 Å². The van der Waals surface area contributed by atoms with Crippen molar-refractivity contribution >= 4 is 34.7 Å². The molecule has 1 amide bonds. The third kappa shape index (κ3) is 3.35. The summed E-state index contributed by atoms with van der Waals surface area (Å²) in [5.41, 5.74) is 5.25. The number of amides is 1. The Morgan fingerprint density at radius 1 is 1.48 bits per heavy atom. The summed E-state index contributed by atoms with van der Waals surface area (Å²) in [6.45, 7) is 2.16. The number of carbonyl (C=O) groups excluding carboxylic acids is 1. The van der Waals surface area contributed by atoms with Crippen molar-refractivity contribution < 1.29 is 9.18 Å².